The first-order chi connectivity index (χ1) is 13.3. The van der Waals surface area contributed by atoms with Crippen LogP contribution in [-0.2, 0) is 6.54 Å². The van der Waals surface area contributed by atoms with Gasteiger partial charge >= 0.3 is 6.61 Å². The number of para-hydroxylation sites is 1. The van der Waals surface area contributed by atoms with E-state index in [2.05, 4.69) is 15.2 Å². The maximum atomic E-state index is 12.5. The van der Waals surface area contributed by atoms with Crippen LogP contribution in [-0.4, -0.2) is 22.3 Å². The van der Waals surface area contributed by atoms with Crippen LogP contribution in [0.4, 0.5) is 14.6 Å². The lowest BCUT2D eigenvalue weighted by atomic mass is 10.2. The van der Waals surface area contributed by atoms with Gasteiger partial charge < -0.3 is 10.1 Å². The van der Waals surface area contributed by atoms with Crippen LogP contribution in [0.3, 0.4) is 0 Å². The third kappa shape index (κ3) is 4.79. The Bertz CT molecular complexity index is 1010. The highest BCUT2D eigenvalue weighted by Gasteiger charge is 2.17. The molecule has 0 aliphatic carbocycles. The van der Waals surface area contributed by atoms with Gasteiger partial charge in [0.15, 0.2) is 5.82 Å². The Kier molecular flexibility index (Phi) is 6.16. The molecule has 0 bridgehead atoms. The summed E-state index contributed by atoms with van der Waals surface area (Å²) in [6.45, 7) is -0.779. The molecule has 0 radical (unpaired) electrons. The van der Waals surface area contributed by atoms with E-state index in [0.717, 1.165) is 11.3 Å². The standard InChI is InChI=1S/C19H15Cl2F2N3O2/c1-11-8-17(25-26(11)10-12-6-7-14(20)15(21)9-12)24-18(27)13-4-2-3-5-16(13)28-19(22)23/h2-9,19H,10H2,1H3,(H,24,25,27). The summed E-state index contributed by atoms with van der Waals surface area (Å²) in [6, 6.07) is 12.7. The van der Waals surface area contributed by atoms with E-state index in [1.54, 1.807) is 28.9 Å². The van der Waals surface area contributed by atoms with Gasteiger partial charge in [-0.1, -0.05) is 41.4 Å². The van der Waals surface area contributed by atoms with E-state index in [1.165, 1.54) is 18.2 Å². The lowest BCUT2D eigenvalue weighted by Crippen LogP contribution is -2.15. The van der Waals surface area contributed by atoms with Crippen LogP contribution >= 0.6 is 23.2 Å². The highest BCUT2D eigenvalue weighted by atomic mass is 35.5. The van der Waals surface area contributed by atoms with E-state index in [1.807, 2.05) is 13.0 Å². The van der Waals surface area contributed by atoms with E-state index >= 15 is 0 Å². The summed E-state index contributed by atoms with van der Waals surface area (Å²) >= 11 is 11.9. The van der Waals surface area contributed by atoms with E-state index in [-0.39, 0.29) is 17.1 Å². The van der Waals surface area contributed by atoms with E-state index < -0.39 is 12.5 Å². The van der Waals surface area contributed by atoms with Crippen LogP contribution < -0.4 is 10.1 Å². The van der Waals surface area contributed by atoms with Crippen molar-refractivity contribution in [2.75, 3.05) is 5.32 Å². The van der Waals surface area contributed by atoms with Crippen LogP contribution in [0, 0.1) is 6.92 Å². The van der Waals surface area contributed by atoms with E-state index in [4.69, 9.17) is 23.2 Å². The molecule has 0 atom stereocenters. The van der Waals surface area contributed by atoms with Gasteiger partial charge in [-0.15, -0.1) is 0 Å². The van der Waals surface area contributed by atoms with Crippen LogP contribution in [0.5, 0.6) is 5.75 Å². The predicted octanol–water partition coefficient (Wildman–Crippen LogP) is 5.40. The summed E-state index contributed by atoms with van der Waals surface area (Å²) < 4.78 is 31.1. The van der Waals surface area contributed by atoms with Crippen molar-refractivity contribution in [2.45, 2.75) is 20.1 Å². The number of nitrogens with zero attached hydrogens (tertiary/aromatic N) is 2. The van der Waals surface area contributed by atoms with Crippen molar-refractivity contribution >= 4 is 34.9 Å². The molecule has 0 spiro atoms. The molecule has 3 rings (SSSR count). The number of benzene rings is 2. The van der Waals surface area contributed by atoms with Crippen molar-refractivity contribution in [1.82, 2.24) is 9.78 Å². The van der Waals surface area contributed by atoms with Crippen molar-refractivity contribution in [3.63, 3.8) is 0 Å². The topological polar surface area (TPSA) is 56.1 Å². The van der Waals surface area contributed by atoms with Crippen molar-refractivity contribution in [3.05, 3.63) is 75.4 Å². The summed E-state index contributed by atoms with van der Waals surface area (Å²) in [5.74, 6) is -0.521. The molecule has 0 aliphatic heterocycles. The second-order valence-electron chi connectivity index (χ2n) is 5.91. The van der Waals surface area contributed by atoms with Gasteiger partial charge in [0.05, 0.1) is 22.2 Å². The minimum atomic E-state index is -3.03. The molecule has 1 heterocycles. The van der Waals surface area contributed by atoms with Gasteiger partial charge in [-0.25, -0.2) is 0 Å². The molecular formula is C19H15Cl2F2N3O2. The normalized spacial score (nSPS) is 10.9. The summed E-state index contributed by atoms with van der Waals surface area (Å²) in [6.07, 6.45) is 0. The summed E-state index contributed by atoms with van der Waals surface area (Å²) in [5, 5.41) is 7.83. The number of aryl methyl sites for hydroxylation is 1. The molecule has 28 heavy (non-hydrogen) atoms. The molecule has 9 heteroatoms. The van der Waals surface area contributed by atoms with Crippen LogP contribution in [0.2, 0.25) is 10.0 Å². The van der Waals surface area contributed by atoms with Gasteiger partial charge in [0.2, 0.25) is 0 Å². The minimum Gasteiger partial charge on any atom is -0.434 e. The number of ether oxygens (including phenoxy) is 1. The Hall–Kier alpha value is -2.64. The highest BCUT2D eigenvalue weighted by molar-refractivity contribution is 6.42. The number of hydrogen-bond acceptors (Lipinski definition) is 3. The Morgan fingerprint density at radius 2 is 1.93 bits per heavy atom. The third-order valence-electron chi connectivity index (χ3n) is 3.89. The molecule has 3 aromatic rings. The molecule has 146 valence electrons. The third-order valence-corrected chi connectivity index (χ3v) is 4.63. The van der Waals surface area contributed by atoms with Gasteiger partial charge in [0, 0.05) is 11.8 Å². The van der Waals surface area contributed by atoms with Gasteiger partial charge in [-0.3, -0.25) is 9.48 Å². The highest BCUT2D eigenvalue weighted by Crippen LogP contribution is 2.24. The smallest absolute Gasteiger partial charge is 0.387 e. The lowest BCUT2D eigenvalue weighted by molar-refractivity contribution is -0.0501. The van der Waals surface area contributed by atoms with Crippen molar-refractivity contribution in [3.8, 4) is 5.75 Å². The first-order valence-electron chi connectivity index (χ1n) is 8.17. The average Bonchev–Trinajstić information content (AvgIpc) is 2.97. The zero-order valence-corrected chi connectivity index (χ0v) is 16.1. The Morgan fingerprint density at radius 1 is 1.18 bits per heavy atom. The zero-order valence-electron chi connectivity index (χ0n) is 14.6. The number of rotatable bonds is 6. The van der Waals surface area contributed by atoms with Crippen LogP contribution in [0.25, 0.3) is 0 Å². The van der Waals surface area contributed by atoms with Crippen molar-refractivity contribution < 1.29 is 18.3 Å². The van der Waals surface area contributed by atoms with E-state index in [9.17, 15) is 13.6 Å². The number of halogens is 4. The molecule has 1 amide bonds. The number of amides is 1. The first-order valence-corrected chi connectivity index (χ1v) is 8.92. The fourth-order valence-corrected chi connectivity index (χ4v) is 2.90. The molecule has 0 unspecified atom stereocenters. The first kappa shape index (κ1) is 20.1. The van der Waals surface area contributed by atoms with Gasteiger partial charge in [-0.2, -0.15) is 13.9 Å². The zero-order chi connectivity index (χ0) is 20.3. The number of alkyl halides is 2. The second-order valence-corrected chi connectivity index (χ2v) is 6.72. The number of hydrogen-bond donors (Lipinski definition) is 1. The Balaban J connectivity index is 1.76. The molecule has 0 fully saturated rings. The molecular weight excluding hydrogens is 411 g/mol. The second kappa shape index (κ2) is 8.58. The van der Waals surface area contributed by atoms with Gasteiger partial charge in [-0.05, 0) is 36.8 Å². The number of nitrogens with one attached hydrogen (secondary N) is 1. The number of carbonyl (C=O) groups is 1. The SMILES string of the molecule is Cc1cc(NC(=O)c2ccccc2OC(F)F)nn1Cc1ccc(Cl)c(Cl)c1. The van der Waals surface area contributed by atoms with Crippen LogP contribution in [0.15, 0.2) is 48.5 Å². The van der Waals surface area contributed by atoms with Gasteiger partial charge in [0.25, 0.3) is 5.91 Å². The Labute approximate surface area is 169 Å². The van der Waals surface area contributed by atoms with Gasteiger partial charge in [0.1, 0.15) is 5.75 Å². The fourth-order valence-electron chi connectivity index (χ4n) is 2.58. The summed E-state index contributed by atoms with van der Waals surface area (Å²) in [4.78, 5) is 12.5. The Morgan fingerprint density at radius 3 is 2.64 bits per heavy atom. The molecule has 1 aromatic heterocycles. The van der Waals surface area contributed by atoms with E-state index in [0.29, 0.717) is 16.6 Å². The monoisotopic (exact) mass is 425 g/mol. The van der Waals surface area contributed by atoms with Crippen LogP contribution in [0.1, 0.15) is 21.6 Å². The largest absolute Gasteiger partial charge is 0.434 e. The summed E-state index contributed by atoms with van der Waals surface area (Å²) in [7, 11) is 0. The number of anilines is 1. The maximum absolute atomic E-state index is 12.5. The number of carbonyl (C=O) groups excluding carboxylic acids is 1. The molecule has 1 N–H and O–H groups in total. The lowest BCUT2D eigenvalue weighted by Gasteiger charge is -2.09. The molecule has 2 aromatic carbocycles. The minimum absolute atomic E-state index is 0.0144. The quantitative estimate of drug-likeness (QED) is 0.574. The molecule has 0 saturated heterocycles. The van der Waals surface area contributed by atoms with Crippen molar-refractivity contribution in [1.29, 1.82) is 0 Å². The molecule has 0 aliphatic rings. The summed E-state index contributed by atoms with van der Waals surface area (Å²) in [5.41, 5.74) is 1.66. The fraction of sp³-hybridized carbons (Fsp3) is 0.158. The molecule has 5 nitrogen and oxygen atoms in total. The van der Waals surface area contributed by atoms with Crippen molar-refractivity contribution in [2.24, 2.45) is 0 Å². The molecule has 0 saturated carbocycles. The average molecular weight is 426 g/mol. The number of aromatic nitrogens is 2. The predicted molar refractivity (Wildman–Crippen MR) is 104 cm³/mol. The maximum Gasteiger partial charge on any atom is 0.387 e.